The minimum atomic E-state index is -0.0278. The van der Waals surface area contributed by atoms with E-state index < -0.39 is 0 Å². The van der Waals surface area contributed by atoms with Crippen molar-refractivity contribution in [3.8, 4) is 5.75 Å². The molecule has 1 aliphatic rings. The standard InChI is InChI=1S/C16H21Cl2NO3/c1-2-19(10-12-5-7-21-8-6-12)16(20)11-22-15-4-3-13(17)9-14(15)18/h3-4,9,12H,2,5-8,10-11H2,1H3. The Bertz CT molecular complexity index is 504. The third-order valence-corrected chi connectivity index (χ3v) is 4.33. The van der Waals surface area contributed by atoms with Gasteiger partial charge in [-0.1, -0.05) is 23.2 Å². The molecule has 0 saturated carbocycles. The Hall–Kier alpha value is -0.970. The van der Waals surface area contributed by atoms with Gasteiger partial charge in [-0.3, -0.25) is 4.79 Å². The third-order valence-electron chi connectivity index (χ3n) is 3.80. The van der Waals surface area contributed by atoms with Gasteiger partial charge in [-0.05, 0) is 43.9 Å². The first-order valence-corrected chi connectivity index (χ1v) is 8.29. The molecule has 0 bridgehead atoms. The summed E-state index contributed by atoms with van der Waals surface area (Å²) in [6.45, 7) is 4.97. The Morgan fingerprint density at radius 3 is 2.73 bits per heavy atom. The summed E-state index contributed by atoms with van der Waals surface area (Å²) in [6, 6.07) is 4.96. The van der Waals surface area contributed by atoms with E-state index in [4.69, 9.17) is 32.7 Å². The van der Waals surface area contributed by atoms with Crippen molar-refractivity contribution in [2.45, 2.75) is 19.8 Å². The third kappa shape index (κ3) is 5.04. The predicted molar refractivity (Wildman–Crippen MR) is 87.8 cm³/mol. The second kappa shape index (κ2) is 8.61. The lowest BCUT2D eigenvalue weighted by Gasteiger charge is -2.29. The number of carbonyl (C=O) groups excluding carboxylic acids is 1. The molecule has 1 aliphatic heterocycles. The summed E-state index contributed by atoms with van der Waals surface area (Å²) in [4.78, 5) is 14.1. The molecule has 0 unspecified atom stereocenters. The van der Waals surface area contributed by atoms with Gasteiger partial charge in [0.05, 0.1) is 5.02 Å². The van der Waals surface area contributed by atoms with Crippen LogP contribution in [0.25, 0.3) is 0 Å². The second-order valence-corrected chi connectivity index (χ2v) is 6.20. The van der Waals surface area contributed by atoms with Gasteiger partial charge in [-0.25, -0.2) is 0 Å². The molecule has 0 radical (unpaired) electrons. The lowest BCUT2D eigenvalue weighted by Crippen LogP contribution is -2.39. The molecule has 0 atom stereocenters. The van der Waals surface area contributed by atoms with E-state index in [1.807, 2.05) is 11.8 Å². The number of carbonyl (C=O) groups is 1. The van der Waals surface area contributed by atoms with E-state index in [9.17, 15) is 4.79 Å². The van der Waals surface area contributed by atoms with Gasteiger partial charge >= 0.3 is 0 Å². The molecule has 1 amide bonds. The van der Waals surface area contributed by atoms with Crippen molar-refractivity contribution in [1.29, 1.82) is 0 Å². The first kappa shape index (κ1) is 17.4. The Labute approximate surface area is 141 Å². The fraction of sp³-hybridized carbons (Fsp3) is 0.562. The fourth-order valence-corrected chi connectivity index (χ4v) is 2.93. The minimum Gasteiger partial charge on any atom is -0.482 e. The number of hydrogen-bond acceptors (Lipinski definition) is 3. The summed E-state index contributed by atoms with van der Waals surface area (Å²) < 4.78 is 10.9. The Morgan fingerprint density at radius 1 is 1.36 bits per heavy atom. The first-order valence-electron chi connectivity index (χ1n) is 7.53. The van der Waals surface area contributed by atoms with Gasteiger partial charge in [0.2, 0.25) is 0 Å². The normalized spacial score (nSPS) is 15.6. The van der Waals surface area contributed by atoms with Crippen molar-refractivity contribution >= 4 is 29.1 Å². The summed E-state index contributed by atoms with van der Waals surface area (Å²) in [5.74, 6) is 0.957. The molecule has 0 aromatic heterocycles. The molecular weight excluding hydrogens is 325 g/mol. The summed E-state index contributed by atoms with van der Waals surface area (Å²) in [7, 11) is 0. The number of amides is 1. The molecular formula is C16H21Cl2NO3. The number of nitrogens with zero attached hydrogens (tertiary/aromatic N) is 1. The van der Waals surface area contributed by atoms with Crippen LogP contribution in [-0.4, -0.2) is 43.7 Å². The highest BCUT2D eigenvalue weighted by Crippen LogP contribution is 2.27. The van der Waals surface area contributed by atoms with Crippen LogP contribution in [-0.2, 0) is 9.53 Å². The zero-order valence-corrected chi connectivity index (χ0v) is 14.2. The molecule has 122 valence electrons. The molecule has 4 nitrogen and oxygen atoms in total. The van der Waals surface area contributed by atoms with E-state index >= 15 is 0 Å². The second-order valence-electron chi connectivity index (χ2n) is 5.35. The number of hydrogen-bond donors (Lipinski definition) is 0. The van der Waals surface area contributed by atoms with Crippen LogP contribution in [0.4, 0.5) is 0 Å². The van der Waals surface area contributed by atoms with E-state index in [1.54, 1.807) is 18.2 Å². The monoisotopic (exact) mass is 345 g/mol. The number of benzene rings is 1. The van der Waals surface area contributed by atoms with Crippen LogP contribution in [0.2, 0.25) is 10.0 Å². The molecule has 1 fully saturated rings. The van der Waals surface area contributed by atoms with Gasteiger partial charge in [0.15, 0.2) is 6.61 Å². The highest BCUT2D eigenvalue weighted by molar-refractivity contribution is 6.35. The van der Waals surface area contributed by atoms with Crippen LogP contribution in [0.15, 0.2) is 18.2 Å². The summed E-state index contributed by atoms with van der Waals surface area (Å²) in [5.41, 5.74) is 0. The average molecular weight is 346 g/mol. The van der Waals surface area contributed by atoms with Crippen molar-refractivity contribution in [1.82, 2.24) is 4.90 Å². The zero-order chi connectivity index (χ0) is 15.9. The van der Waals surface area contributed by atoms with E-state index in [0.29, 0.717) is 28.3 Å². The molecule has 1 aromatic carbocycles. The van der Waals surface area contributed by atoms with Crippen LogP contribution in [0.1, 0.15) is 19.8 Å². The lowest BCUT2D eigenvalue weighted by molar-refractivity contribution is -0.134. The van der Waals surface area contributed by atoms with Crippen molar-refractivity contribution in [2.24, 2.45) is 5.92 Å². The smallest absolute Gasteiger partial charge is 0.260 e. The van der Waals surface area contributed by atoms with Crippen LogP contribution < -0.4 is 4.74 Å². The van der Waals surface area contributed by atoms with E-state index in [-0.39, 0.29) is 12.5 Å². The summed E-state index contributed by atoms with van der Waals surface area (Å²) in [6.07, 6.45) is 2.02. The van der Waals surface area contributed by atoms with Crippen LogP contribution in [0.3, 0.4) is 0 Å². The maximum Gasteiger partial charge on any atom is 0.260 e. The van der Waals surface area contributed by atoms with Crippen LogP contribution >= 0.6 is 23.2 Å². The van der Waals surface area contributed by atoms with Crippen molar-refractivity contribution in [2.75, 3.05) is 32.9 Å². The predicted octanol–water partition coefficient (Wildman–Crippen LogP) is 3.65. The van der Waals surface area contributed by atoms with Crippen molar-refractivity contribution in [3.63, 3.8) is 0 Å². The fourth-order valence-electron chi connectivity index (χ4n) is 2.47. The molecule has 6 heteroatoms. The maximum atomic E-state index is 12.3. The Kier molecular flexibility index (Phi) is 6.80. The number of halogens is 2. The summed E-state index contributed by atoms with van der Waals surface area (Å²) in [5, 5.41) is 0.950. The van der Waals surface area contributed by atoms with Crippen LogP contribution in [0, 0.1) is 5.92 Å². The quantitative estimate of drug-likeness (QED) is 0.789. The molecule has 0 N–H and O–H groups in total. The highest BCUT2D eigenvalue weighted by atomic mass is 35.5. The van der Waals surface area contributed by atoms with Gasteiger partial charge in [0.1, 0.15) is 5.75 Å². The van der Waals surface area contributed by atoms with Gasteiger partial charge < -0.3 is 14.4 Å². The number of ether oxygens (including phenoxy) is 2. The van der Waals surface area contributed by atoms with Gasteiger partial charge in [-0.2, -0.15) is 0 Å². The Morgan fingerprint density at radius 2 is 2.09 bits per heavy atom. The largest absolute Gasteiger partial charge is 0.482 e. The maximum absolute atomic E-state index is 12.3. The SMILES string of the molecule is CCN(CC1CCOCC1)C(=O)COc1ccc(Cl)cc1Cl. The topological polar surface area (TPSA) is 38.8 Å². The molecule has 1 heterocycles. The van der Waals surface area contributed by atoms with Gasteiger partial charge in [0.25, 0.3) is 5.91 Å². The Balaban J connectivity index is 1.85. The van der Waals surface area contributed by atoms with E-state index in [1.165, 1.54) is 0 Å². The highest BCUT2D eigenvalue weighted by Gasteiger charge is 2.20. The minimum absolute atomic E-state index is 0.0155. The zero-order valence-electron chi connectivity index (χ0n) is 12.7. The van der Waals surface area contributed by atoms with Crippen LogP contribution in [0.5, 0.6) is 5.75 Å². The molecule has 1 saturated heterocycles. The van der Waals surface area contributed by atoms with Crippen molar-refractivity contribution in [3.05, 3.63) is 28.2 Å². The van der Waals surface area contributed by atoms with Crippen molar-refractivity contribution < 1.29 is 14.3 Å². The molecule has 0 spiro atoms. The van der Waals surface area contributed by atoms with E-state index in [0.717, 1.165) is 32.6 Å². The molecule has 2 rings (SSSR count). The number of rotatable bonds is 6. The summed E-state index contributed by atoms with van der Waals surface area (Å²) >= 11 is 11.9. The molecule has 1 aromatic rings. The van der Waals surface area contributed by atoms with E-state index in [2.05, 4.69) is 0 Å². The first-order chi connectivity index (χ1) is 10.6. The van der Waals surface area contributed by atoms with Gasteiger partial charge in [0, 0.05) is 31.3 Å². The molecule has 0 aliphatic carbocycles. The molecule has 22 heavy (non-hydrogen) atoms. The lowest BCUT2D eigenvalue weighted by atomic mass is 10.00. The number of likely N-dealkylation sites (N-methyl/N-ethyl adjacent to an activating group) is 1. The average Bonchev–Trinajstić information content (AvgIpc) is 2.52. The van der Waals surface area contributed by atoms with Gasteiger partial charge in [-0.15, -0.1) is 0 Å².